The van der Waals surface area contributed by atoms with E-state index in [1.54, 1.807) is 40.9 Å². The topological polar surface area (TPSA) is 71.8 Å². The van der Waals surface area contributed by atoms with E-state index < -0.39 is 6.61 Å². The molecule has 1 aliphatic rings. The fraction of sp³-hybridized carbons (Fsp3) is 0.316. The Morgan fingerprint density at radius 2 is 2.07 bits per heavy atom. The lowest BCUT2D eigenvalue weighted by molar-refractivity contribution is -0.0495. The van der Waals surface area contributed by atoms with Gasteiger partial charge in [0.1, 0.15) is 11.6 Å². The largest absolute Gasteiger partial charge is 0.433 e. The zero-order valence-corrected chi connectivity index (χ0v) is 15.2. The minimum Gasteiger partial charge on any atom is -0.433 e. The first kappa shape index (κ1) is 18.1. The van der Waals surface area contributed by atoms with Crippen LogP contribution in [0.1, 0.15) is 22.6 Å². The number of rotatable bonds is 5. The van der Waals surface area contributed by atoms with Crippen LogP contribution in [0.2, 0.25) is 0 Å². The van der Waals surface area contributed by atoms with Crippen LogP contribution in [0.4, 0.5) is 14.5 Å². The normalized spacial score (nSPS) is 16.7. The van der Waals surface area contributed by atoms with E-state index in [1.165, 1.54) is 6.07 Å². The summed E-state index contributed by atoms with van der Waals surface area (Å²) in [5.41, 5.74) is 1.79. The van der Waals surface area contributed by atoms with E-state index in [1.807, 2.05) is 11.8 Å². The second-order valence-corrected chi connectivity index (χ2v) is 6.64. The average Bonchev–Trinajstić information content (AvgIpc) is 3.28. The van der Waals surface area contributed by atoms with Crippen LogP contribution >= 0.6 is 0 Å². The molecule has 4 rings (SSSR count). The summed E-state index contributed by atoms with van der Waals surface area (Å²) >= 11 is 0. The summed E-state index contributed by atoms with van der Waals surface area (Å²) in [4.78, 5) is 14.6. The number of halogens is 2. The van der Waals surface area contributed by atoms with Crippen molar-refractivity contribution in [2.24, 2.45) is 0 Å². The van der Waals surface area contributed by atoms with Gasteiger partial charge in [0, 0.05) is 25.3 Å². The van der Waals surface area contributed by atoms with E-state index >= 15 is 0 Å². The van der Waals surface area contributed by atoms with Gasteiger partial charge in [0.25, 0.3) is 5.91 Å². The standard InChI is InChI=1S/C19H19F2N5O2/c1-12-23-24-17-7-6-13(10-26(12)17)18(27)22-14-8-9-25(11-14)15-4-2-3-5-16(15)28-19(20)21/h2-7,10,14,19H,8-9,11H2,1H3,(H,22,27). The molecule has 0 aliphatic carbocycles. The van der Waals surface area contributed by atoms with Gasteiger partial charge in [-0.15, -0.1) is 10.2 Å². The van der Waals surface area contributed by atoms with Gasteiger partial charge in [0.05, 0.1) is 11.3 Å². The van der Waals surface area contributed by atoms with Crippen molar-refractivity contribution in [3.63, 3.8) is 0 Å². The number of alkyl halides is 2. The summed E-state index contributed by atoms with van der Waals surface area (Å²) in [5.74, 6) is 0.643. The van der Waals surface area contributed by atoms with Crippen LogP contribution in [0.5, 0.6) is 5.75 Å². The first-order chi connectivity index (χ1) is 13.5. The number of benzene rings is 1. The van der Waals surface area contributed by atoms with Crippen molar-refractivity contribution < 1.29 is 18.3 Å². The quantitative estimate of drug-likeness (QED) is 0.729. The highest BCUT2D eigenvalue weighted by atomic mass is 19.3. The smallest absolute Gasteiger partial charge is 0.387 e. The minimum atomic E-state index is -2.88. The minimum absolute atomic E-state index is 0.0928. The Kier molecular flexibility index (Phi) is 4.81. The van der Waals surface area contributed by atoms with Crippen LogP contribution in [0, 0.1) is 6.92 Å². The Labute approximate surface area is 159 Å². The van der Waals surface area contributed by atoms with Crippen LogP contribution in [-0.4, -0.2) is 46.2 Å². The zero-order chi connectivity index (χ0) is 19.7. The molecule has 1 saturated heterocycles. The lowest BCUT2D eigenvalue weighted by Crippen LogP contribution is -2.37. The Morgan fingerprint density at radius 3 is 2.89 bits per heavy atom. The molecule has 28 heavy (non-hydrogen) atoms. The lowest BCUT2D eigenvalue weighted by Gasteiger charge is -2.22. The highest BCUT2D eigenvalue weighted by Crippen LogP contribution is 2.31. The van der Waals surface area contributed by atoms with E-state index in [4.69, 9.17) is 0 Å². The second kappa shape index (κ2) is 7.41. The van der Waals surface area contributed by atoms with Crippen LogP contribution < -0.4 is 15.0 Å². The van der Waals surface area contributed by atoms with Gasteiger partial charge in [-0.1, -0.05) is 12.1 Å². The number of pyridine rings is 1. The summed E-state index contributed by atoms with van der Waals surface area (Å²) in [6.45, 7) is 0.0897. The van der Waals surface area contributed by atoms with Crippen LogP contribution in [0.3, 0.4) is 0 Å². The molecule has 3 aromatic rings. The molecule has 1 atom stereocenters. The zero-order valence-electron chi connectivity index (χ0n) is 15.2. The summed E-state index contributed by atoms with van der Waals surface area (Å²) in [5, 5.41) is 11.0. The van der Waals surface area contributed by atoms with Crippen molar-refractivity contribution in [2.45, 2.75) is 26.0 Å². The van der Waals surface area contributed by atoms with E-state index in [2.05, 4.69) is 20.3 Å². The van der Waals surface area contributed by atoms with Crippen molar-refractivity contribution in [1.29, 1.82) is 0 Å². The maximum atomic E-state index is 12.6. The number of fused-ring (bicyclic) bond motifs is 1. The first-order valence-corrected chi connectivity index (χ1v) is 8.92. The van der Waals surface area contributed by atoms with Gasteiger partial charge in [0.2, 0.25) is 0 Å². The molecule has 3 heterocycles. The fourth-order valence-electron chi connectivity index (χ4n) is 3.42. The molecule has 1 aromatic carbocycles. The SMILES string of the molecule is Cc1nnc2ccc(C(=O)NC3CCN(c4ccccc4OC(F)F)C3)cn12. The molecule has 2 aromatic heterocycles. The third-order valence-corrected chi connectivity index (χ3v) is 4.78. The van der Waals surface area contributed by atoms with Crippen molar-refractivity contribution in [2.75, 3.05) is 18.0 Å². The molecule has 0 saturated carbocycles. The molecule has 1 aliphatic heterocycles. The Bertz CT molecular complexity index is 1010. The van der Waals surface area contributed by atoms with Gasteiger partial charge in [-0.05, 0) is 37.6 Å². The second-order valence-electron chi connectivity index (χ2n) is 6.64. The predicted molar refractivity (Wildman–Crippen MR) is 98.9 cm³/mol. The third-order valence-electron chi connectivity index (χ3n) is 4.78. The van der Waals surface area contributed by atoms with Gasteiger partial charge >= 0.3 is 6.61 Å². The predicted octanol–water partition coefficient (Wildman–Crippen LogP) is 2.65. The molecule has 0 radical (unpaired) electrons. The fourth-order valence-corrected chi connectivity index (χ4v) is 3.42. The number of nitrogens with one attached hydrogen (secondary N) is 1. The number of hydrogen-bond acceptors (Lipinski definition) is 5. The van der Waals surface area contributed by atoms with Gasteiger partial charge in [-0.2, -0.15) is 8.78 Å². The molecule has 0 spiro atoms. The maximum absolute atomic E-state index is 12.6. The van der Waals surface area contributed by atoms with E-state index in [-0.39, 0.29) is 17.7 Å². The molecule has 1 unspecified atom stereocenters. The molecule has 7 nitrogen and oxygen atoms in total. The summed E-state index contributed by atoms with van der Waals surface area (Å²) in [7, 11) is 0. The van der Waals surface area contributed by atoms with Gasteiger partial charge in [-0.25, -0.2) is 0 Å². The monoisotopic (exact) mass is 387 g/mol. The lowest BCUT2D eigenvalue weighted by atomic mass is 10.2. The summed E-state index contributed by atoms with van der Waals surface area (Å²) in [6.07, 6.45) is 2.42. The number of hydrogen-bond donors (Lipinski definition) is 1. The first-order valence-electron chi connectivity index (χ1n) is 8.92. The maximum Gasteiger partial charge on any atom is 0.387 e. The van der Waals surface area contributed by atoms with Crippen LogP contribution in [0.15, 0.2) is 42.6 Å². The number of amides is 1. The number of carbonyl (C=O) groups is 1. The van der Waals surface area contributed by atoms with Crippen molar-refractivity contribution >= 4 is 17.2 Å². The summed E-state index contributed by atoms with van der Waals surface area (Å²) < 4.78 is 31.6. The number of carbonyl (C=O) groups excluding carboxylic acids is 1. The Hall–Kier alpha value is -3.23. The molecular formula is C19H19F2N5O2. The molecular weight excluding hydrogens is 368 g/mol. The van der Waals surface area contributed by atoms with Gasteiger partial charge in [-0.3, -0.25) is 9.20 Å². The number of aromatic nitrogens is 3. The van der Waals surface area contributed by atoms with Crippen molar-refractivity contribution in [3.8, 4) is 5.75 Å². The van der Waals surface area contributed by atoms with Gasteiger partial charge < -0.3 is 15.0 Å². The number of anilines is 1. The van der Waals surface area contributed by atoms with E-state index in [9.17, 15) is 13.6 Å². The van der Waals surface area contributed by atoms with Crippen LogP contribution in [0.25, 0.3) is 5.65 Å². The Morgan fingerprint density at radius 1 is 1.25 bits per heavy atom. The van der Waals surface area contributed by atoms with E-state index in [0.717, 1.165) is 0 Å². The molecule has 0 bridgehead atoms. The molecule has 146 valence electrons. The Balaban J connectivity index is 1.44. The third kappa shape index (κ3) is 3.60. The molecule has 9 heteroatoms. The number of nitrogens with zero attached hydrogens (tertiary/aromatic N) is 4. The number of aryl methyl sites for hydroxylation is 1. The highest BCUT2D eigenvalue weighted by molar-refractivity contribution is 5.94. The summed E-state index contributed by atoms with van der Waals surface area (Å²) in [6, 6.07) is 10.0. The number of ether oxygens (including phenoxy) is 1. The van der Waals surface area contributed by atoms with Crippen LogP contribution in [-0.2, 0) is 0 Å². The molecule has 1 amide bonds. The highest BCUT2D eigenvalue weighted by Gasteiger charge is 2.27. The van der Waals surface area contributed by atoms with E-state index in [0.29, 0.717) is 42.2 Å². The number of para-hydroxylation sites is 2. The molecule has 1 fully saturated rings. The average molecular weight is 387 g/mol. The molecule has 1 N–H and O–H groups in total. The van der Waals surface area contributed by atoms with Crippen molar-refractivity contribution in [3.05, 3.63) is 54.0 Å². The van der Waals surface area contributed by atoms with Gasteiger partial charge in [0.15, 0.2) is 5.65 Å². The van der Waals surface area contributed by atoms with Crippen molar-refractivity contribution in [1.82, 2.24) is 19.9 Å².